The predicted molar refractivity (Wildman–Crippen MR) is 147 cm³/mol. The molecule has 0 saturated heterocycles. The molecule has 1 aromatic heterocycles. The van der Waals surface area contributed by atoms with Gasteiger partial charge in [0.2, 0.25) is 0 Å². The molecule has 3 rings (SSSR count). The zero-order chi connectivity index (χ0) is 24.0. The summed E-state index contributed by atoms with van der Waals surface area (Å²) in [7, 11) is 0. The van der Waals surface area contributed by atoms with Gasteiger partial charge >= 0.3 is 0 Å². The lowest BCUT2D eigenvalue weighted by atomic mass is 9.72. The van der Waals surface area contributed by atoms with E-state index in [1.807, 2.05) is 6.20 Å². The number of ether oxygens (including phenoxy) is 1. The minimum atomic E-state index is 0.534. The van der Waals surface area contributed by atoms with Gasteiger partial charge in [-0.3, -0.25) is 4.98 Å². The Kier molecular flexibility index (Phi) is 12.0. The van der Waals surface area contributed by atoms with Crippen LogP contribution in [-0.2, 0) is 0 Å². The monoisotopic (exact) mass is 463 g/mol. The number of benzene rings is 1. The summed E-state index contributed by atoms with van der Waals surface area (Å²) in [6.45, 7) is 7.81. The van der Waals surface area contributed by atoms with Crippen LogP contribution in [-0.4, -0.2) is 11.6 Å². The Morgan fingerprint density at radius 2 is 1.53 bits per heavy atom. The molecule has 1 aromatic carbocycles. The van der Waals surface area contributed by atoms with Gasteiger partial charge in [-0.2, -0.15) is 0 Å². The van der Waals surface area contributed by atoms with Gasteiger partial charge in [-0.1, -0.05) is 110 Å². The highest BCUT2D eigenvalue weighted by Crippen LogP contribution is 2.43. The third kappa shape index (κ3) is 8.14. The van der Waals surface area contributed by atoms with Crippen molar-refractivity contribution < 1.29 is 4.74 Å². The zero-order valence-electron chi connectivity index (χ0n) is 22.2. The van der Waals surface area contributed by atoms with Gasteiger partial charge in [-0.25, -0.2) is 0 Å². The summed E-state index contributed by atoms with van der Waals surface area (Å²) in [5.74, 6) is 3.28. The molecule has 0 N–H and O–H groups in total. The predicted octanol–water partition coefficient (Wildman–Crippen LogP) is 9.98. The van der Waals surface area contributed by atoms with E-state index in [4.69, 9.17) is 4.74 Å². The molecule has 188 valence electrons. The minimum absolute atomic E-state index is 0.534. The van der Waals surface area contributed by atoms with Gasteiger partial charge in [-0.05, 0) is 60.3 Å². The van der Waals surface area contributed by atoms with Crippen molar-refractivity contribution in [3.63, 3.8) is 0 Å². The van der Waals surface area contributed by atoms with E-state index in [1.165, 1.54) is 100 Å². The zero-order valence-corrected chi connectivity index (χ0v) is 22.2. The molecule has 1 atom stereocenters. The largest absolute Gasteiger partial charge is 0.493 e. The lowest BCUT2D eigenvalue weighted by Gasteiger charge is -2.33. The molecular formula is C32H49NO. The number of nitrogens with zero attached hydrogens (tertiary/aromatic N) is 1. The summed E-state index contributed by atoms with van der Waals surface area (Å²) < 4.78 is 6.30. The average molecular weight is 464 g/mol. The van der Waals surface area contributed by atoms with E-state index in [1.54, 1.807) is 0 Å². The third-order valence-corrected chi connectivity index (χ3v) is 8.09. The molecule has 1 unspecified atom stereocenters. The number of unbranched alkanes of at least 4 members (excludes halogenated alkanes) is 7. The van der Waals surface area contributed by atoms with Gasteiger partial charge in [0.25, 0.3) is 0 Å². The van der Waals surface area contributed by atoms with Crippen molar-refractivity contribution in [1.29, 1.82) is 0 Å². The smallest absolute Gasteiger partial charge is 0.127 e. The van der Waals surface area contributed by atoms with Crippen molar-refractivity contribution in [2.45, 2.75) is 117 Å². The first-order valence-corrected chi connectivity index (χ1v) is 14.4. The van der Waals surface area contributed by atoms with Crippen LogP contribution in [0, 0.1) is 11.8 Å². The van der Waals surface area contributed by atoms with Crippen LogP contribution in [0.5, 0.6) is 5.75 Å². The summed E-state index contributed by atoms with van der Waals surface area (Å²) >= 11 is 0. The van der Waals surface area contributed by atoms with Crippen LogP contribution in [0.15, 0.2) is 42.7 Å². The van der Waals surface area contributed by atoms with E-state index >= 15 is 0 Å². The maximum absolute atomic E-state index is 6.30. The second kappa shape index (κ2) is 15.2. The van der Waals surface area contributed by atoms with Crippen LogP contribution in [0.1, 0.15) is 122 Å². The Hall–Kier alpha value is -1.83. The van der Waals surface area contributed by atoms with Crippen LogP contribution >= 0.6 is 0 Å². The first kappa shape index (κ1) is 26.8. The van der Waals surface area contributed by atoms with Crippen LogP contribution in [0.25, 0.3) is 11.1 Å². The second-order valence-corrected chi connectivity index (χ2v) is 10.6. The number of hydrogen-bond donors (Lipinski definition) is 0. The Morgan fingerprint density at radius 3 is 2.29 bits per heavy atom. The minimum Gasteiger partial charge on any atom is -0.493 e. The molecule has 2 nitrogen and oxygen atoms in total. The lowest BCUT2D eigenvalue weighted by Crippen LogP contribution is -2.19. The molecule has 0 spiro atoms. The Labute approximate surface area is 209 Å². The molecule has 1 aliphatic carbocycles. The molecule has 0 aliphatic heterocycles. The fraction of sp³-hybridized carbons (Fsp3) is 0.656. The molecule has 0 bridgehead atoms. The van der Waals surface area contributed by atoms with Gasteiger partial charge < -0.3 is 4.74 Å². The summed E-state index contributed by atoms with van der Waals surface area (Å²) in [5, 5.41) is 0. The molecule has 2 aromatic rings. The number of aromatic nitrogens is 1. The molecule has 0 radical (unpaired) electrons. The first-order valence-electron chi connectivity index (χ1n) is 14.4. The quantitative estimate of drug-likeness (QED) is 0.245. The highest BCUT2D eigenvalue weighted by Gasteiger charge is 2.27. The lowest BCUT2D eigenvalue weighted by molar-refractivity contribution is 0.236. The van der Waals surface area contributed by atoms with Crippen LogP contribution in [0.3, 0.4) is 0 Å². The molecule has 1 heterocycles. The third-order valence-electron chi connectivity index (χ3n) is 8.09. The van der Waals surface area contributed by atoms with Crippen molar-refractivity contribution in [1.82, 2.24) is 4.98 Å². The fourth-order valence-corrected chi connectivity index (χ4v) is 5.81. The molecular weight excluding hydrogens is 414 g/mol. The Bertz CT molecular complexity index is 808. The number of hydrogen-bond acceptors (Lipinski definition) is 2. The number of para-hydroxylation sites is 1. The van der Waals surface area contributed by atoms with Crippen LogP contribution in [0.4, 0.5) is 0 Å². The second-order valence-electron chi connectivity index (χ2n) is 10.6. The number of pyridine rings is 1. The summed E-state index contributed by atoms with van der Waals surface area (Å²) in [6.07, 6.45) is 23.0. The maximum Gasteiger partial charge on any atom is 0.127 e. The topological polar surface area (TPSA) is 22.1 Å². The van der Waals surface area contributed by atoms with Crippen molar-refractivity contribution >= 4 is 0 Å². The van der Waals surface area contributed by atoms with Crippen LogP contribution < -0.4 is 4.74 Å². The first-order chi connectivity index (χ1) is 16.7. The van der Waals surface area contributed by atoms with E-state index in [0.717, 1.165) is 30.6 Å². The molecule has 1 fully saturated rings. The Balaban J connectivity index is 1.62. The normalized spacial score (nSPS) is 19.1. The summed E-state index contributed by atoms with van der Waals surface area (Å²) in [4.78, 5) is 4.55. The van der Waals surface area contributed by atoms with E-state index in [-0.39, 0.29) is 0 Å². The van der Waals surface area contributed by atoms with Crippen molar-refractivity contribution in [3.8, 4) is 16.9 Å². The van der Waals surface area contributed by atoms with Crippen molar-refractivity contribution in [2.24, 2.45) is 11.8 Å². The van der Waals surface area contributed by atoms with Gasteiger partial charge in [0.05, 0.1) is 6.61 Å². The van der Waals surface area contributed by atoms with E-state index in [9.17, 15) is 0 Å². The van der Waals surface area contributed by atoms with E-state index in [0.29, 0.717) is 5.92 Å². The average Bonchev–Trinajstić information content (AvgIpc) is 2.89. The molecule has 0 amide bonds. The van der Waals surface area contributed by atoms with E-state index in [2.05, 4.69) is 62.3 Å². The van der Waals surface area contributed by atoms with Crippen molar-refractivity contribution in [2.75, 3.05) is 6.61 Å². The van der Waals surface area contributed by atoms with Crippen molar-refractivity contribution in [3.05, 3.63) is 48.3 Å². The SMILES string of the molecule is CCCCCCCOc1ccccc1-c1ccncc1C(C)C1CCC(CCCCCC)CC1. The Morgan fingerprint density at radius 1 is 0.824 bits per heavy atom. The van der Waals surface area contributed by atoms with Gasteiger partial charge in [0.1, 0.15) is 5.75 Å². The standard InChI is InChI=1S/C32H49NO/c1-4-6-8-10-14-24-34-32-17-13-12-16-30(32)29-22-23-33-25-31(29)26(3)28-20-18-27(19-21-28)15-11-9-7-5-2/h12-13,16-17,22-23,25-28H,4-11,14-15,18-21,24H2,1-3H3. The molecule has 1 aliphatic rings. The van der Waals surface area contributed by atoms with Gasteiger partial charge in [0.15, 0.2) is 0 Å². The highest BCUT2D eigenvalue weighted by molar-refractivity contribution is 5.73. The molecule has 34 heavy (non-hydrogen) atoms. The van der Waals surface area contributed by atoms with E-state index < -0.39 is 0 Å². The molecule has 2 heteroatoms. The summed E-state index contributed by atoms with van der Waals surface area (Å²) in [5.41, 5.74) is 3.93. The fourth-order valence-electron chi connectivity index (χ4n) is 5.81. The van der Waals surface area contributed by atoms with Gasteiger partial charge in [-0.15, -0.1) is 0 Å². The highest BCUT2D eigenvalue weighted by atomic mass is 16.5. The summed E-state index contributed by atoms with van der Waals surface area (Å²) in [6, 6.07) is 10.8. The number of rotatable bonds is 15. The molecule has 1 saturated carbocycles. The van der Waals surface area contributed by atoms with Crippen LogP contribution in [0.2, 0.25) is 0 Å². The maximum atomic E-state index is 6.30. The van der Waals surface area contributed by atoms with Gasteiger partial charge in [0, 0.05) is 18.0 Å².